The van der Waals surface area contributed by atoms with Crippen molar-refractivity contribution < 1.29 is 18.4 Å². The molecular formula is C22H20F2N4O2. The average molecular weight is 410 g/mol. The van der Waals surface area contributed by atoms with Crippen molar-refractivity contribution in [3.63, 3.8) is 0 Å². The van der Waals surface area contributed by atoms with Crippen LogP contribution in [0.5, 0.6) is 0 Å². The van der Waals surface area contributed by atoms with E-state index in [1.54, 1.807) is 4.90 Å². The van der Waals surface area contributed by atoms with Crippen molar-refractivity contribution in [2.45, 2.75) is 44.2 Å². The van der Waals surface area contributed by atoms with Gasteiger partial charge in [-0.3, -0.25) is 19.1 Å². The van der Waals surface area contributed by atoms with Gasteiger partial charge < -0.3 is 5.32 Å². The van der Waals surface area contributed by atoms with E-state index in [4.69, 9.17) is 0 Å². The third kappa shape index (κ3) is 3.03. The Hall–Kier alpha value is -3.29. The van der Waals surface area contributed by atoms with E-state index in [9.17, 15) is 18.4 Å². The molecule has 1 aliphatic heterocycles. The lowest BCUT2D eigenvalue weighted by molar-refractivity contribution is -0.125. The zero-order chi connectivity index (χ0) is 20.8. The number of para-hydroxylation sites is 2. The number of carbonyl (C=O) groups is 2. The van der Waals surface area contributed by atoms with E-state index in [-0.39, 0.29) is 24.1 Å². The average Bonchev–Trinajstić information content (AvgIpc) is 3.42. The molecule has 30 heavy (non-hydrogen) atoms. The molecule has 1 N–H and O–H groups in total. The fourth-order valence-corrected chi connectivity index (χ4v) is 4.52. The van der Waals surface area contributed by atoms with Crippen LogP contribution in [-0.2, 0) is 9.59 Å². The maximum atomic E-state index is 13.5. The maximum Gasteiger partial charge on any atom is 0.253 e. The van der Waals surface area contributed by atoms with Gasteiger partial charge in [-0.2, -0.15) is 0 Å². The van der Waals surface area contributed by atoms with Gasteiger partial charge in [-0.1, -0.05) is 25.0 Å². The maximum absolute atomic E-state index is 13.5. The van der Waals surface area contributed by atoms with Crippen LogP contribution < -0.4 is 10.2 Å². The monoisotopic (exact) mass is 410 g/mol. The molecule has 2 heterocycles. The van der Waals surface area contributed by atoms with E-state index >= 15 is 0 Å². The molecule has 2 aliphatic rings. The lowest BCUT2D eigenvalue weighted by atomic mass is 10.1. The summed E-state index contributed by atoms with van der Waals surface area (Å²) in [7, 11) is 0. The number of imidazole rings is 1. The van der Waals surface area contributed by atoms with Gasteiger partial charge in [0.1, 0.15) is 6.04 Å². The van der Waals surface area contributed by atoms with Crippen LogP contribution in [0.1, 0.15) is 38.1 Å². The van der Waals surface area contributed by atoms with Crippen molar-refractivity contribution in [1.82, 2.24) is 9.55 Å². The second-order valence-corrected chi connectivity index (χ2v) is 7.81. The Morgan fingerprint density at radius 3 is 2.63 bits per heavy atom. The lowest BCUT2D eigenvalue weighted by Gasteiger charge is -2.22. The van der Waals surface area contributed by atoms with Crippen molar-refractivity contribution in [3.8, 4) is 0 Å². The van der Waals surface area contributed by atoms with Gasteiger partial charge in [-0.25, -0.2) is 13.8 Å². The van der Waals surface area contributed by atoms with Crippen molar-refractivity contribution in [1.29, 1.82) is 0 Å². The Morgan fingerprint density at radius 2 is 1.87 bits per heavy atom. The molecule has 5 rings (SSSR count). The normalized spacial score (nSPS) is 18.9. The van der Waals surface area contributed by atoms with Gasteiger partial charge >= 0.3 is 0 Å². The minimum atomic E-state index is -1.04. The Labute approximate surface area is 171 Å². The summed E-state index contributed by atoms with van der Waals surface area (Å²) < 4.78 is 28.4. The highest BCUT2D eigenvalue weighted by Gasteiger charge is 2.44. The number of hydrogen-bond acceptors (Lipinski definition) is 3. The molecule has 154 valence electrons. The first-order valence-electron chi connectivity index (χ1n) is 10.1. The van der Waals surface area contributed by atoms with Crippen LogP contribution in [0, 0.1) is 11.6 Å². The van der Waals surface area contributed by atoms with E-state index in [0.717, 1.165) is 48.8 Å². The molecule has 8 heteroatoms. The van der Waals surface area contributed by atoms with Crippen molar-refractivity contribution >= 4 is 34.5 Å². The van der Waals surface area contributed by atoms with Crippen LogP contribution in [0.15, 0.2) is 42.5 Å². The first-order chi connectivity index (χ1) is 14.5. The number of nitrogens with zero attached hydrogens (tertiary/aromatic N) is 3. The summed E-state index contributed by atoms with van der Waals surface area (Å²) in [6.07, 6.45) is 3.85. The smallest absolute Gasteiger partial charge is 0.253 e. The van der Waals surface area contributed by atoms with Gasteiger partial charge in [-0.05, 0) is 37.1 Å². The summed E-state index contributed by atoms with van der Waals surface area (Å²) in [4.78, 5) is 32.4. The summed E-state index contributed by atoms with van der Waals surface area (Å²) in [5, 5.41) is 2.56. The molecule has 0 radical (unpaired) electrons. The number of halogens is 2. The summed E-state index contributed by atoms with van der Waals surface area (Å²) >= 11 is 0. The highest BCUT2D eigenvalue weighted by molar-refractivity contribution is 6.05. The van der Waals surface area contributed by atoms with E-state index in [0.29, 0.717) is 5.95 Å². The van der Waals surface area contributed by atoms with Gasteiger partial charge in [0, 0.05) is 17.8 Å². The molecule has 0 bridgehead atoms. The second kappa shape index (κ2) is 7.19. The van der Waals surface area contributed by atoms with Crippen molar-refractivity contribution in [2.75, 3.05) is 10.2 Å². The van der Waals surface area contributed by atoms with Crippen LogP contribution in [-0.4, -0.2) is 27.4 Å². The Kier molecular flexibility index (Phi) is 4.49. The minimum absolute atomic E-state index is 0.0901. The van der Waals surface area contributed by atoms with Crippen LogP contribution in [0.3, 0.4) is 0 Å². The number of anilines is 2. The molecule has 1 unspecified atom stereocenters. The van der Waals surface area contributed by atoms with E-state index in [2.05, 4.69) is 10.3 Å². The quantitative estimate of drug-likeness (QED) is 0.702. The highest BCUT2D eigenvalue weighted by Crippen LogP contribution is 2.40. The third-order valence-corrected chi connectivity index (χ3v) is 5.90. The van der Waals surface area contributed by atoms with E-state index in [1.807, 2.05) is 28.8 Å². The van der Waals surface area contributed by atoms with Gasteiger partial charge in [0.2, 0.25) is 11.9 Å². The number of nitrogens with one attached hydrogen (secondary N) is 1. The molecule has 1 fully saturated rings. The minimum Gasteiger partial charge on any atom is -0.326 e. The van der Waals surface area contributed by atoms with Crippen LogP contribution in [0.25, 0.3) is 11.0 Å². The number of aromatic nitrogens is 2. The molecule has 0 saturated heterocycles. The molecule has 1 aromatic heterocycles. The standard InChI is InChI=1S/C22H20F2N4O2/c23-15-10-9-13(11-16(15)24)25-20(29)12-19-21(30)27(14-5-1-2-6-14)22-26-17-7-3-4-8-18(17)28(19)22/h3-4,7-11,14,19H,1-2,5-6,12H2,(H,25,29). The number of amides is 2. The van der Waals surface area contributed by atoms with Gasteiger partial charge in [-0.15, -0.1) is 0 Å². The summed E-state index contributed by atoms with van der Waals surface area (Å²) in [5.41, 5.74) is 1.72. The van der Waals surface area contributed by atoms with Crippen LogP contribution in [0.4, 0.5) is 20.4 Å². The molecule has 1 saturated carbocycles. The molecule has 2 amide bonds. The summed E-state index contributed by atoms with van der Waals surface area (Å²) in [6.45, 7) is 0. The molecule has 3 aromatic rings. The fraction of sp³-hybridized carbons (Fsp3) is 0.318. The van der Waals surface area contributed by atoms with E-state index < -0.39 is 23.6 Å². The molecule has 2 aromatic carbocycles. The molecule has 1 aliphatic carbocycles. The highest BCUT2D eigenvalue weighted by atomic mass is 19.2. The summed E-state index contributed by atoms with van der Waals surface area (Å²) in [6, 6.07) is 10.1. The number of fused-ring (bicyclic) bond motifs is 3. The molecular weight excluding hydrogens is 390 g/mol. The van der Waals surface area contributed by atoms with E-state index in [1.165, 1.54) is 6.07 Å². The number of hydrogen-bond donors (Lipinski definition) is 1. The molecule has 1 atom stereocenters. The predicted molar refractivity (Wildman–Crippen MR) is 108 cm³/mol. The lowest BCUT2D eigenvalue weighted by Crippen LogP contribution is -2.38. The largest absolute Gasteiger partial charge is 0.326 e. The molecule has 6 nitrogen and oxygen atoms in total. The SMILES string of the molecule is O=C(CC1C(=O)N(C2CCCC2)c2nc3ccccc3n21)Nc1ccc(F)c(F)c1. The zero-order valence-electron chi connectivity index (χ0n) is 16.1. The van der Waals surface area contributed by atoms with Gasteiger partial charge in [0.05, 0.1) is 17.5 Å². The van der Waals surface area contributed by atoms with Crippen LogP contribution >= 0.6 is 0 Å². The summed E-state index contributed by atoms with van der Waals surface area (Å²) in [5.74, 6) is -2.04. The Morgan fingerprint density at radius 1 is 1.10 bits per heavy atom. The third-order valence-electron chi connectivity index (χ3n) is 5.90. The van der Waals surface area contributed by atoms with Crippen molar-refractivity contribution in [2.24, 2.45) is 0 Å². The van der Waals surface area contributed by atoms with Gasteiger partial charge in [0.25, 0.3) is 5.91 Å². The number of carbonyl (C=O) groups excluding carboxylic acids is 2. The van der Waals surface area contributed by atoms with Gasteiger partial charge in [0.15, 0.2) is 11.6 Å². The number of benzene rings is 2. The fourth-order valence-electron chi connectivity index (χ4n) is 4.52. The predicted octanol–water partition coefficient (Wildman–Crippen LogP) is 4.17. The second-order valence-electron chi connectivity index (χ2n) is 7.81. The first kappa shape index (κ1) is 18.7. The zero-order valence-corrected chi connectivity index (χ0v) is 16.1. The number of rotatable bonds is 4. The van der Waals surface area contributed by atoms with Crippen molar-refractivity contribution in [3.05, 3.63) is 54.1 Å². The Bertz CT molecular complexity index is 1150. The molecule has 0 spiro atoms. The van der Waals surface area contributed by atoms with Crippen LogP contribution in [0.2, 0.25) is 0 Å². The first-order valence-corrected chi connectivity index (χ1v) is 10.1. The topological polar surface area (TPSA) is 67.2 Å². The Balaban J connectivity index is 1.46.